The zero-order valence-corrected chi connectivity index (χ0v) is 8.48. The topological polar surface area (TPSA) is 49.9 Å². The van der Waals surface area contributed by atoms with Crippen molar-refractivity contribution in [2.45, 2.75) is 12.3 Å². The standard InChI is InChI=1S/C13H14N2/c14-13(15)12-9-5-4-8-11(12)10-6-2-1-3-7-10/h1-6,8-10H,7H2,(H3,14,15). The van der Waals surface area contributed by atoms with Gasteiger partial charge in [-0.25, -0.2) is 0 Å². The Morgan fingerprint density at radius 2 is 2.07 bits per heavy atom. The molecule has 0 radical (unpaired) electrons. The summed E-state index contributed by atoms with van der Waals surface area (Å²) >= 11 is 0. The molecule has 0 amide bonds. The highest BCUT2D eigenvalue weighted by molar-refractivity contribution is 5.96. The van der Waals surface area contributed by atoms with Crippen LogP contribution in [-0.4, -0.2) is 5.84 Å². The van der Waals surface area contributed by atoms with Gasteiger partial charge in [0.1, 0.15) is 5.84 Å². The molecular weight excluding hydrogens is 184 g/mol. The van der Waals surface area contributed by atoms with Crippen LogP contribution < -0.4 is 5.73 Å². The summed E-state index contributed by atoms with van der Waals surface area (Å²) in [6.45, 7) is 0. The van der Waals surface area contributed by atoms with Crippen LogP contribution in [-0.2, 0) is 0 Å². The summed E-state index contributed by atoms with van der Waals surface area (Å²) in [7, 11) is 0. The fraction of sp³-hybridized carbons (Fsp3) is 0.154. The van der Waals surface area contributed by atoms with Crippen LogP contribution in [0, 0.1) is 5.41 Å². The Hall–Kier alpha value is -1.83. The Morgan fingerprint density at radius 3 is 2.73 bits per heavy atom. The number of rotatable bonds is 2. The Labute approximate surface area is 89.6 Å². The van der Waals surface area contributed by atoms with Crippen molar-refractivity contribution in [3.8, 4) is 0 Å². The molecule has 15 heavy (non-hydrogen) atoms. The zero-order chi connectivity index (χ0) is 10.7. The number of amidine groups is 1. The van der Waals surface area contributed by atoms with Gasteiger partial charge in [-0.15, -0.1) is 0 Å². The Morgan fingerprint density at radius 1 is 1.27 bits per heavy atom. The van der Waals surface area contributed by atoms with Gasteiger partial charge in [0.2, 0.25) is 0 Å². The quantitative estimate of drug-likeness (QED) is 0.557. The minimum absolute atomic E-state index is 0.147. The summed E-state index contributed by atoms with van der Waals surface area (Å²) in [6.07, 6.45) is 9.38. The van der Waals surface area contributed by atoms with Gasteiger partial charge in [-0.05, 0) is 12.0 Å². The second kappa shape index (κ2) is 4.13. The summed E-state index contributed by atoms with van der Waals surface area (Å²) in [5, 5.41) is 7.53. The smallest absolute Gasteiger partial charge is 0.123 e. The molecule has 2 rings (SSSR count). The van der Waals surface area contributed by atoms with Crippen molar-refractivity contribution in [2.75, 3.05) is 0 Å². The largest absolute Gasteiger partial charge is 0.384 e. The van der Waals surface area contributed by atoms with E-state index in [1.807, 2.05) is 36.4 Å². The van der Waals surface area contributed by atoms with E-state index in [-0.39, 0.29) is 5.84 Å². The van der Waals surface area contributed by atoms with Crippen LogP contribution in [0.4, 0.5) is 0 Å². The lowest BCUT2D eigenvalue weighted by molar-refractivity contribution is 0.851. The SMILES string of the molecule is N=C(N)c1ccccc1C1C=CC=CC1. The van der Waals surface area contributed by atoms with Crippen LogP contribution in [0.5, 0.6) is 0 Å². The van der Waals surface area contributed by atoms with Crippen molar-refractivity contribution < 1.29 is 0 Å². The van der Waals surface area contributed by atoms with E-state index in [0.717, 1.165) is 17.5 Å². The first kappa shape index (κ1) is 9.71. The number of nitrogen functional groups attached to an aromatic ring is 1. The molecule has 1 aromatic carbocycles. The third-order valence-electron chi connectivity index (χ3n) is 2.63. The third-order valence-corrected chi connectivity index (χ3v) is 2.63. The van der Waals surface area contributed by atoms with Gasteiger partial charge in [0.25, 0.3) is 0 Å². The van der Waals surface area contributed by atoms with Crippen molar-refractivity contribution in [1.82, 2.24) is 0 Å². The maximum absolute atomic E-state index is 7.53. The van der Waals surface area contributed by atoms with Crippen molar-refractivity contribution in [1.29, 1.82) is 5.41 Å². The van der Waals surface area contributed by atoms with Crippen molar-refractivity contribution in [3.63, 3.8) is 0 Å². The summed E-state index contributed by atoms with van der Waals surface area (Å²) in [4.78, 5) is 0. The monoisotopic (exact) mass is 198 g/mol. The van der Waals surface area contributed by atoms with Crippen molar-refractivity contribution in [3.05, 3.63) is 59.7 Å². The van der Waals surface area contributed by atoms with Crippen molar-refractivity contribution >= 4 is 5.84 Å². The van der Waals surface area contributed by atoms with Gasteiger partial charge < -0.3 is 5.73 Å². The molecule has 1 unspecified atom stereocenters. The molecule has 0 bridgehead atoms. The zero-order valence-electron chi connectivity index (χ0n) is 8.48. The summed E-state index contributed by atoms with van der Waals surface area (Å²) in [5.74, 6) is 0.503. The molecule has 0 aliphatic heterocycles. The molecule has 1 aliphatic carbocycles. The van der Waals surface area contributed by atoms with E-state index < -0.39 is 0 Å². The molecule has 2 nitrogen and oxygen atoms in total. The number of hydrogen-bond donors (Lipinski definition) is 2. The van der Waals surface area contributed by atoms with E-state index in [1.54, 1.807) is 0 Å². The highest BCUT2D eigenvalue weighted by Gasteiger charge is 2.13. The average molecular weight is 198 g/mol. The normalized spacial score (nSPS) is 19.1. The lowest BCUT2D eigenvalue weighted by Gasteiger charge is -2.16. The number of allylic oxidation sites excluding steroid dienone is 4. The summed E-state index contributed by atoms with van der Waals surface area (Å²) in [6, 6.07) is 7.87. The number of nitrogens with two attached hydrogens (primary N) is 1. The maximum Gasteiger partial charge on any atom is 0.123 e. The van der Waals surface area contributed by atoms with Gasteiger partial charge in [-0.1, -0.05) is 48.6 Å². The van der Waals surface area contributed by atoms with Crippen molar-refractivity contribution in [2.24, 2.45) is 5.73 Å². The molecular formula is C13H14N2. The number of benzene rings is 1. The lowest BCUT2D eigenvalue weighted by atomic mass is 9.89. The van der Waals surface area contributed by atoms with Crippen LogP contribution >= 0.6 is 0 Å². The second-order valence-corrected chi connectivity index (χ2v) is 3.66. The summed E-state index contributed by atoms with van der Waals surface area (Å²) < 4.78 is 0. The molecule has 1 aliphatic rings. The molecule has 0 saturated heterocycles. The highest BCUT2D eigenvalue weighted by atomic mass is 14.7. The first-order valence-electron chi connectivity index (χ1n) is 5.05. The molecule has 0 heterocycles. The molecule has 0 saturated carbocycles. The molecule has 0 aromatic heterocycles. The van der Waals surface area contributed by atoms with Gasteiger partial charge in [0.05, 0.1) is 0 Å². The van der Waals surface area contributed by atoms with E-state index in [2.05, 4.69) is 12.2 Å². The predicted molar refractivity (Wildman–Crippen MR) is 63.1 cm³/mol. The molecule has 2 heteroatoms. The summed E-state index contributed by atoms with van der Waals surface area (Å²) in [5.41, 5.74) is 7.56. The molecule has 76 valence electrons. The van der Waals surface area contributed by atoms with Crippen LogP contribution in [0.3, 0.4) is 0 Å². The van der Waals surface area contributed by atoms with E-state index in [4.69, 9.17) is 11.1 Å². The van der Waals surface area contributed by atoms with Crippen LogP contribution in [0.15, 0.2) is 48.6 Å². The van der Waals surface area contributed by atoms with E-state index in [0.29, 0.717) is 5.92 Å². The Kier molecular flexibility index (Phi) is 2.68. The highest BCUT2D eigenvalue weighted by Crippen LogP contribution is 2.27. The minimum atomic E-state index is 0.147. The van der Waals surface area contributed by atoms with Crippen LogP contribution in [0.25, 0.3) is 0 Å². The first-order chi connectivity index (χ1) is 7.29. The molecule has 0 spiro atoms. The fourth-order valence-electron chi connectivity index (χ4n) is 1.88. The molecule has 0 fully saturated rings. The average Bonchev–Trinajstić information content (AvgIpc) is 2.30. The fourth-order valence-corrected chi connectivity index (χ4v) is 1.88. The van der Waals surface area contributed by atoms with Gasteiger partial charge in [-0.2, -0.15) is 0 Å². The maximum atomic E-state index is 7.53. The second-order valence-electron chi connectivity index (χ2n) is 3.66. The molecule has 3 N–H and O–H groups in total. The van der Waals surface area contributed by atoms with E-state index in [9.17, 15) is 0 Å². The Balaban J connectivity index is 2.39. The third kappa shape index (κ3) is 1.99. The van der Waals surface area contributed by atoms with Crippen LogP contribution in [0.2, 0.25) is 0 Å². The minimum Gasteiger partial charge on any atom is -0.384 e. The number of hydrogen-bond acceptors (Lipinski definition) is 1. The van der Waals surface area contributed by atoms with Gasteiger partial charge in [0, 0.05) is 11.5 Å². The lowest BCUT2D eigenvalue weighted by Crippen LogP contribution is -2.15. The number of nitrogens with one attached hydrogen (secondary N) is 1. The predicted octanol–water partition coefficient (Wildman–Crippen LogP) is 2.57. The Bertz CT molecular complexity index is 430. The van der Waals surface area contributed by atoms with E-state index >= 15 is 0 Å². The molecule has 1 aromatic rings. The molecule has 1 atom stereocenters. The van der Waals surface area contributed by atoms with Gasteiger partial charge in [-0.3, -0.25) is 5.41 Å². The van der Waals surface area contributed by atoms with Gasteiger partial charge in [0.15, 0.2) is 0 Å². The van der Waals surface area contributed by atoms with Gasteiger partial charge >= 0.3 is 0 Å². The van der Waals surface area contributed by atoms with E-state index in [1.165, 1.54) is 0 Å². The van der Waals surface area contributed by atoms with Crippen LogP contribution in [0.1, 0.15) is 23.5 Å². The first-order valence-corrected chi connectivity index (χ1v) is 5.05.